The Balaban J connectivity index is 1.61. The summed E-state index contributed by atoms with van der Waals surface area (Å²) in [6.07, 6.45) is 1.30. The van der Waals surface area contributed by atoms with Crippen LogP contribution < -0.4 is 4.74 Å². The van der Waals surface area contributed by atoms with E-state index in [1.54, 1.807) is 17.7 Å². The van der Waals surface area contributed by atoms with E-state index in [9.17, 15) is 4.79 Å². The van der Waals surface area contributed by atoms with Gasteiger partial charge in [-0.05, 0) is 26.1 Å². The zero-order chi connectivity index (χ0) is 16.2. The third kappa shape index (κ3) is 3.71. The van der Waals surface area contributed by atoms with Crippen molar-refractivity contribution in [3.63, 3.8) is 0 Å². The number of para-hydroxylation sites is 1. The van der Waals surface area contributed by atoms with Crippen LogP contribution in [-0.4, -0.2) is 64.8 Å². The molecule has 23 heavy (non-hydrogen) atoms. The summed E-state index contributed by atoms with van der Waals surface area (Å²) >= 11 is 0. The number of aromatic nitrogens is 2. The second kappa shape index (κ2) is 6.83. The van der Waals surface area contributed by atoms with Crippen molar-refractivity contribution in [1.29, 1.82) is 0 Å². The van der Waals surface area contributed by atoms with Crippen LogP contribution in [0.1, 0.15) is 6.92 Å². The number of hydrogen-bond donors (Lipinski definition) is 0. The third-order valence-electron chi connectivity index (χ3n) is 4.05. The van der Waals surface area contributed by atoms with Gasteiger partial charge in [0.1, 0.15) is 0 Å². The van der Waals surface area contributed by atoms with E-state index in [1.807, 2.05) is 41.4 Å². The Morgan fingerprint density at radius 2 is 1.83 bits per heavy atom. The highest BCUT2D eigenvalue weighted by Crippen LogP contribution is 2.14. The van der Waals surface area contributed by atoms with E-state index in [-0.39, 0.29) is 5.91 Å². The Hall–Kier alpha value is -2.34. The second-order valence-corrected chi connectivity index (χ2v) is 5.82. The van der Waals surface area contributed by atoms with Crippen molar-refractivity contribution >= 4 is 5.91 Å². The zero-order valence-electron chi connectivity index (χ0n) is 13.6. The monoisotopic (exact) mass is 314 g/mol. The van der Waals surface area contributed by atoms with Crippen LogP contribution in [0, 0.1) is 0 Å². The van der Waals surface area contributed by atoms with Gasteiger partial charge in [0.05, 0.1) is 5.69 Å². The van der Waals surface area contributed by atoms with E-state index in [0.717, 1.165) is 31.9 Å². The van der Waals surface area contributed by atoms with Crippen molar-refractivity contribution < 1.29 is 9.53 Å². The van der Waals surface area contributed by atoms with Crippen LogP contribution in [0.4, 0.5) is 0 Å². The molecule has 1 atom stereocenters. The minimum absolute atomic E-state index is 0.0207. The molecule has 0 spiro atoms. The highest BCUT2D eigenvalue weighted by molar-refractivity contribution is 5.81. The predicted molar refractivity (Wildman–Crippen MR) is 87.7 cm³/mol. The Kier molecular flexibility index (Phi) is 4.62. The highest BCUT2D eigenvalue weighted by atomic mass is 16.5. The molecule has 1 saturated heterocycles. The van der Waals surface area contributed by atoms with E-state index >= 15 is 0 Å². The fraction of sp³-hybridized carbons (Fsp3) is 0.412. The Labute approximate surface area is 136 Å². The summed E-state index contributed by atoms with van der Waals surface area (Å²) in [5.74, 6) is 0.483. The molecule has 6 heteroatoms. The van der Waals surface area contributed by atoms with Gasteiger partial charge in [0.25, 0.3) is 5.91 Å². The normalized spacial score (nSPS) is 17.0. The van der Waals surface area contributed by atoms with Crippen LogP contribution >= 0.6 is 0 Å². The molecule has 1 aromatic heterocycles. The summed E-state index contributed by atoms with van der Waals surface area (Å²) in [6.45, 7) is 5.09. The molecule has 0 radical (unpaired) electrons. The average molecular weight is 314 g/mol. The van der Waals surface area contributed by atoms with Gasteiger partial charge in [-0.2, -0.15) is 0 Å². The zero-order valence-corrected chi connectivity index (χ0v) is 13.6. The number of likely N-dealkylation sites (N-methyl/N-ethyl adjacent to an activating group) is 1. The van der Waals surface area contributed by atoms with Crippen molar-refractivity contribution in [3.05, 3.63) is 42.6 Å². The second-order valence-electron chi connectivity index (χ2n) is 5.82. The summed E-state index contributed by atoms with van der Waals surface area (Å²) in [4.78, 5) is 16.5. The molecule has 122 valence electrons. The van der Waals surface area contributed by atoms with E-state index < -0.39 is 6.10 Å². The van der Waals surface area contributed by atoms with Crippen LogP contribution in [0.2, 0.25) is 0 Å². The molecule has 2 heterocycles. The van der Waals surface area contributed by atoms with Gasteiger partial charge < -0.3 is 14.5 Å². The van der Waals surface area contributed by atoms with Crippen molar-refractivity contribution in [3.8, 4) is 11.6 Å². The fourth-order valence-electron chi connectivity index (χ4n) is 2.61. The lowest BCUT2D eigenvalue weighted by Crippen LogP contribution is -2.50. The first-order chi connectivity index (χ1) is 11.1. The van der Waals surface area contributed by atoms with Gasteiger partial charge in [-0.25, -0.2) is 4.68 Å². The lowest BCUT2D eigenvalue weighted by atomic mass is 10.2. The maximum Gasteiger partial charge on any atom is 0.263 e. The van der Waals surface area contributed by atoms with Crippen molar-refractivity contribution in [2.45, 2.75) is 13.0 Å². The lowest BCUT2D eigenvalue weighted by molar-refractivity contribution is -0.139. The Morgan fingerprint density at radius 3 is 2.52 bits per heavy atom. The number of rotatable bonds is 4. The molecule has 1 aliphatic heterocycles. The molecule has 3 rings (SSSR count). The van der Waals surface area contributed by atoms with Crippen LogP contribution in [0.5, 0.6) is 5.88 Å². The summed E-state index contributed by atoms with van der Waals surface area (Å²) < 4.78 is 7.46. The van der Waals surface area contributed by atoms with Gasteiger partial charge in [-0.15, -0.1) is 5.10 Å². The minimum Gasteiger partial charge on any atom is -0.463 e. The maximum atomic E-state index is 12.4. The first-order valence-corrected chi connectivity index (χ1v) is 7.88. The Bertz CT molecular complexity index is 648. The Morgan fingerprint density at radius 1 is 1.13 bits per heavy atom. The molecular weight excluding hydrogens is 292 g/mol. The molecule has 0 saturated carbocycles. The van der Waals surface area contributed by atoms with Crippen LogP contribution in [0.3, 0.4) is 0 Å². The maximum absolute atomic E-state index is 12.4. The van der Waals surface area contributed by atoms with Gasteiger partial charge in [0.15, 0.2) is 6.10 Å². The molecule has 0 N–H and O–H groups in total. The van der Waals surface area contributed by atoms with Crippen molar-refractivity contribution in [1.82, 2.24) is 19.6 Å². The lowest BCUT2D eigenvalue weighted by Gasteiger charge is -2.33. The average Bonchev–Trinajstić information content (AvgIpc) is 3.04. The number of amides is 1. The van der Waals surface area contributed by atoms with E-state index in [2.05, 4.69) is 17.0 Å². The van der Waals surface area contributed by atoms with Gasteiger partial charge in [-0.3, -0.25) is 4.79 Å². The number of piperazine rings is 1. The van der Waals surface area contributed by atoms with Crippen LogP contribution in [0.25, 0.3) is 5.69 Å². The van der Waals surface area contributed by atoms with Gasteiger partial charge in [-0.1, -0.05) is 18.2 Å². The number of carbonyl (C=O) groups is 1. The van der Waals surface area contributed by atoms with E-state index in [0.29, 0.717) is 5.88 Å². The molecule has 6 nitrogen and oxygen atoms in total. The summed E-state index contributed by atoms with van der Waals surface area (Å²) in [5, 5.41) is 4.38. The molecule has 0 bridgehead atoms. The minimum atomic E-state index is -0.530. The molecule has 0 unspecified atom stereocenters. The molecule has 1 amide bonds. The number of benzene rings is 1. The molecule has 1 aliphatic rings. The first-order valence-electron chi connectivity index (χ1n) is 7.88. The molecular formula is C17H22N4O2. The van der Waals surface area contributed by atoms with Crippen LogP contribution in [-0.2, 0) is 4.79 Å². The first kappa shape index (κ1) is 15.6. The van der Waals surface area contributed by atoms with Gasteiger partial charge in [0.2, 0.25) is 5.88 Å². The number of carbonyl (C=O) groups excluding carboxylic acids is 1. The van der Waals surface area contributed by atoms with Gasteiger partial charge >= 0.3 is 0 Å². The number of nitrogens with zero attached hydrogens (tertiary/aromatic N) is 4. The van der Waals surface area contributed by atoms with Crippen molar-refractivity contribution in [2.24, 2.45) is 0 Å². The fourth-order valence-corrected chi connectivity index (χ4v) is 2.61. The summed E-state index contributed by atoms with van der Waals surface area (Å²) in [6, 6.07) is 11.6. The molecule has 0 aliphatic carbocycles. The topological polar surface area (TPSA) is 50.6 Å². The predicted octanol–water partition coefficient (Wildman–Crippen LogP) is 1.41. The summed E-state index contributed by atoms with van der Waals surface area (Å²) in [7, 11) is 2.07. The van der Waals surface area contributed by atoms with Gasteiger partial charge in [0, 0.05) is 38.4 Å². The SMILES string of the molecule is C[C@H](Oc1ccn(-c2ccccc2)n1)C(=O)N1CCN(C)CC1. The largest absolute Gasteiger partial charge is 0.463 e. The smallest absolute Gasteiger partial charge is 0.263 e. The molecule has 2 aromatic rings. The van der Waals surface area contributed by atoms with E-state index in [4.69, 9.17) is 4.74 Å². The molecule has 1 fully saturated rings. The van der Waals surface area contributed by atoms with E-state index in [1.165, 1.54) is 0 Å². The molecule has 1 aromatic carbocycles. The van der Waals surface area contributed by atoms with Crippen molar-refractivity contribution in [2.75, 3.05) is 33.2 Å². The quantitative estimate of drug-likeness (QED) is 0.856. The summed E-state index contributed by atoms with van der Waals surface area (Å²) in [5.41, 5.74) is 0.959. The highest BCUT2D eigenvalue weighted by Gasteiger charge is 2.25. The number of hydrogen-bond acceptors (Lipinski definition) is 4. The standard InChI is InChI=1S/C17H22N4O2/c1-14(17(22)20-12-10-19(2)11-13-20)23-16-8-9-21(18-16)15-6-4-3-5-7-15/h3-9,14H,10-13H2,1-2H3/t14-/m0/s1. The van der Waals surface area contributed by atoms with Crippen LogP contribution in [0.15, 0.2) is 42.6 Å². The number of ether oxygens (including phenoxy) is 1. The third-order valence-corrected chi connectivity index (χ3v) is 4.05.